The Bertz CT molecular complexity index is 299. The average Bonchev–Trinajstić information content (AvgIpc) is 2.56. The minimum absolute atomic E-state index is 0.156. The van der Waals surface area contributed by atoms with E-state index < -0.39 is 0 Å². The Kier molecular flexibility index (Phi) is 2.65. The third-order valence-corrected chi connectivity index (χ3v) is 2.50. The molecule has 0 radical (unpaired) electrons. The fourth-order valence-electron chi connectivity index (χ4n) is 1.74. The summed E-state index contributed by atoms with van der Waals surface area (Å²) in [6.45, 7) is 2.58. The van der Waals surface area contributed by atoms with Crippen molar-refractivity contribution >= 4 is 5.82 Å². The quantitative estimate of drug-likeness (QED) is 0.706. The number of aliphatic hydroxyl groups excluding tert-OH is 1. The minimum Gasteiger partial charge on any atom is -0.392 e. The summed E-state index contributed by atoms with van der Waals surface area (Å²) in [5.74, 6) is 0.551. The molecule has 2 heterocycles. The largest absolute Gasteiger partial charge is 0.392 e. The summed E-state index contributed by atoms with van der Waals surface area (Å²) in [7, 11) is 0. The first-order chi connectivity index (χ1) is 6.74. The molecule has 0 amide bonds. The lowest BCUT2D eigenvalue weighted by atomic mass is 10.2. The first-order valence-corrected chi connectivity index (χ1v) is 4.85. The van der Waals surface area contributed by atoms with E-state index in [0.717, 1.165) is 31.6 Å². The van der Waals surface area contributed by atoms with E-state index in [4.69, 9.17) is 5.73 Å². The maximum Gasteiger partial charge on any atom is 0.123 e. The highest BCUT2D eigenvalue weighted by Crippen LogP contribution is 2.13. The van der Waals surface area contributed by atoms with Gasteiger partial charge in [-0.2, -0.15) is 0 Å². The molecule has 76 valence electrons. The van der Waals surface area contributed by atoms with Crippen LogP contribution in [-0.4, -0.2) is 34.2 Å². The van der Waals surface area contributed by atoms with Crippen LogP contribution in [0, 0.1) is 0 Å². The van der Waals surface area contributed by atoms with Gasteiger partial charge in [0.15, 0.2) is 0 Å². The lowest BCUT2D eigenvalue weighted by Gasteiger charge is -2.14. The number of anilines is 1. The fourth-order valence-corrected chi connectivity index (χ4v) is 1.74. The van der Waals surface area contributed by atoms with E-state index in [1.807, 2.05) is 12.1 Å². The summed E-state index contributed by atoms with van der Waals surface area (Å²) >= 11 is 0. The van der Waals surface area contributed by atoms with Gasteiger partial charge >= 0.3 is 0 Å². The predicted octanol–water partition coefficient (Wildman–Crippen LogP) is 0.230. The SMILES string of the molecule is Nc1ccc(CN2CC[C@H](O)C2)cn1. The number of nitrogen functional groups attached to an aromatic ring is 1. The summed E-state index contributed by atoms with van der Waals surface area (Å²) in [5.41, 5.74) is 6.64. The molecule has 0 aromatic carbocycles. The van der Waals surface area contributed by atoms with Gasteiger partial charge in [-0.05, 0) is 18.1 Å². The maximum absolute atomic E-state index is 9.34. The lowest BCUT2D eigenvalue weighted by molar-refractivity contribution is 0.175. The van der Waals surface area contributed by atoms with E-state index >= 15 is 0 Å². The third-order valence-electron chi connectivity index (χ3n) is 2.50. The van der Waals surface area contributed by atoms with Crippen LogP contribution in [0.2, 0.25) is 0 Å². The van der Waals surface area contributed by atoms with E-state index in [1.54, 1.807) is 6.20 Å². The molecule has 14 heavy (non-hydrogen) atoms. The normalized spacial score (nSPS) is 22.8. The van der Waals surface area contributed by atoms with Crippen molar-refractivity contribution in [1.82, 2.24) is 9.88 Å². The molecule has 0 bridgehead atoms. The van der Waals surface area contributed by atoms with Crippen molar-refractivity contribution in [3.63, 3.8) is 0 Å². The van der Waals surface area contributed by atoms with Crippen molar-refractivity contribution in [2.24, 2.45) is 0 Å². The van der Waals surface area contributed by atoms with Crippen molar-refractivity contribution in [3.05, 3.63) is 23.9 Å². The van der Waals surface area contributed by atoms with Crippen LogP contribution in [0.15, 0.2) is 18.3 Å². The molecule has 0 aliphatic carbocycles. The Morgan fingerprint density at radius 1 is 1.57 bits per heavy atom. The number of nitrogens with zero attached hydrogens (tertiary/aromatic N) is 2. The molecule has 2 rings (SSSR count). The number of hydrogen-bond acceptors (Lipinski definition) is 4. The number of rotatable bonds is 2. The third kappa shape index (κ3) is 2.21. The van der Waals surface area contributed by atoms with Gasteiger partial charge in [0.05, 0.1) is 6.10 Å². The van der Waals surface area contributed by atoms with Gasteiger partial charge in [0, 0.05) is 25.8 Å². The number of nitrogens with two attached hydrogens (primary N) is 1. The molecule has 0 saturated carbocycles. The van der Waals surface area contributed by atoms with Gasteiger partial charge in [0.1, 0.15) is 5.82 Å². The fraction of sp³-hybridized carbons (Fsp3) is 0.500. The zero-order valence-electron chi connectivity index (χ0n) is 8.06. The number of pyridine rings is 1. The summed E-state index contributed by atoms with van der Waals surface area (Å²) in [6, 6.07) is 3.79. The molecule has 1 atom stereocenters. The van der Waals surface area contributed by atoms with Crippen LogP contribution in [0.4, 0.5) is 5.82 Å². The predicted molar refractivity (Wildman–Crippen MR) is 54.6 cm³/mol. The van der Waals surface area contributed by atoms with Gasteiger partial charge < -0.3 is 10.8 Å². The summed E-state index contributed by atoms with van der Waals surface area (Å²) in [4.78, 5) is 6.25. The van der Waals surface area contributed by atoms with Crippen molar-refractivity contribution in [3.8, 4) is 0 Å². The highest BCUT2D eigenvalue weighted by atomic mass is 16.3. The second-order valence-corrected chi connectivity index (χ2v) is 3.77. The molecule has 4 heteroatoms. The van der Waals surface area contributed by atoms with E-state index in [1.165, 1.54) is 0 Å². The first-order valence-electron chi connectivity index (χ1n) is 4.85. The van der Waals surface area contributed by atoms with E-state index in [0.29, 0.717) is 5.82 Å². The Balaban J connectivity index is 1.94. The molecule has 1 fully saturated rings. The molecule has 1 aromatic heterocycles. The number of likely N-dealkylation sites (tertiary alicyclic amines) is 1. The van der Waals surface area contributed by atoms with Gasteiger partial charge in [0.2, 0.25) is 0 Å². The Labute approximate surface area is 83.4 Å². The monoisotopic (exact) mass is 193 g/mol. The van der Waals surface area contributed by atoms with Crippen molar-refractivity contribution < 1.29 is 5.11 Å². The van der Waals surface area contributed by atoms with Crippen LogP contribution in [0.25, 0.3) is 0 Å². The number of β-amino-alcohol motifs (C(OH)–C–C–N with tert-alkyl or cyclic N) is 1. The smallest absolute Gasteiger partial charge is 0.123 e. The van der Waals surface area contributed by atoms with E-state index in [9.17, 15) is 5.11 Å². The highest BCUT2D eigenvalue weighted by Gasteiger charge is 2.19. The van der Waals surface area contributed by atoms with Gasteiger partial charge in [-0.25, -0.2) is 4.98 Å². The zero-order valence-corrected chi connectivity index (χ0v) is 8.06. The standard InChI is InChI=1S/C10H15N3O/c11-10-2-1-8(5-12-10)6-13-4-3-9(14)7-13/h1-2,5,9,14H,3-4,6-7H2,(H2,11,12)/t9-/m0/s1. The molecule has 1 aromatic rings. The molecule has 1 saturated heterocycles. The van der Waals surface area contributed by atoms with Crippen LogP contribution in [0.5, 0.6) is 0 Å². The van der Waals surface area contributed by atoms with Crippen LogP contribution in [0.3, 0.4) is 0 Å². The van der Waals surface area contributed by atoms with Crippen LogP contribution >= 0.6 is 0 Å². The van der Waals surface area contributed by atoms with Gasteiger partial charge in [-0.15, -0.1) is 0 Å². The van der Waals surface area contributed by atoms with E-state index in [2.05, 4.69) is 9.88 Å². The van der Waals surface area contributed by atoms with Crippen molar-refractivity contribution in [2.75, 3.05) is 18.8 Å². The van der Waals surface area contributed by atoms with Crippen LogP contribution < -0.4 is 5.73 Å². The van der Waals surface area contributed by atoms with E-state index in [-0.39, 0.29) is 6.10 Å². The topological polar surface area (TPSA) is 62.4 Å². The summed E-state index contributed by atoms with van der Waals surface area (Å²) in [6.07, 6.45) is 2.51. The Morgan fingerprint density at radius 3 is 3.00 bits per heavy atom. The number of aliphatic hydroxyl groups is 1. The van der Waals surface area contributed by atoms with Crippen LogP contribution in [-0.2, 0) is 6.54 Å². The molecule has 1 aliphatic heterocycles. The molecular weight excluding hydrogens is 178 g/mol. The summed E-state index contributed by atoms with van der Waals surface area (Å²) < 4.78 is 0. The number of aromatic nitrogens is 1. The molecule has 3 N–H and O–H groups in total. The van der Waals surface area contributed by atoms with Gasteiger partial charge in [0.25, 0.3) is 0 Å². The summed E-state index contributed by atoms with van der Waals surface area (Å²) in [5, 5.41) is 9.34. The second kappa shape index (κ2) is 3.94. The molecular formula is C10H15N3O. The minimum atomic E-state index is -0.156. The van der Waals surface area contributed by atoms with Gasteiger partial charge in [-0.1, -0.05) is 6.07 Å². The maximum atomic E-state index is 9.34. The molecule has 1 aliphatic rings. The van der Waals surface area contributed by atoms with Crippen molar-refractivity contribution in [2.45, 2.75) is 19.1 Å². The molecule has 4 nitrogen and oxygen atoms in total. The second-order valence-electron chi connectivity index (χ2n) is 3.77. The lowest BCUT2D eigenvalue weighted by Crippen LogP contribution is -2.21. The zero-order chi connectivity index (χ0) is 9.97. The Hall–Kier alpha value is -1.13. The van der Waals surface area contributed by atoms with Gasteiger partial charge in [-0.3, -0.25) is 4.90 Å². The average molecular weight is 193 g/mol. The molecule has 0 spiro atoms. The molecule has 0 unspecified atom stereocenters. The Morgan fingerprint density at radius 2 is 2.43 bits per heavy atom. The van der Waals surface area contributed by atoms with Crippen molar-refractivity contribution in [1.29, 1.82) is 0 Å². The number of hydrogen-bond donors (Lipinski definition) is 2. The van der Waals surface area contributed by atoms with Crippen LogP contribution in [0.1, 0.15) is 12.0 Å². The highest BCUT2D eigenvalue weighted by molar-refractivity contribution is 5.29. The first kappa shape index (κ1) is 9.43.